The van der Waals surface area contributed by atoms with Gasteiger partial charge in [0.05, 0.1) is 12.2 Å². The normalized spacial score (nSPS) is 23.7. The van der Waals surface area contributed by atoms with Gasteiger partial charge in [-0.2, -0.15) is 0 Å². The summed E-state index contributed by atoms with van der Waals surface area (Å²) in [4.78, 5) is 0. The van der Waals surface area contributed by atoms with E-state index in [0.717, 1.165) is 19.6 Å². The molecule has 0 amide bonds. The first-order valence-corrected chi connectivity index (χ1v) is 7.21. The Balaban J connectivity index is 1.89. The van der Waals surface area contributed by atoms with Crippen molar-refractivity contribution in [3.8, 4) is 0 Å². The van der Waals surface area contributed by atoms with Crippen LogP contribution < -0.4 is 5.32 Å². The monoisotopic (exact) mass is 250 g/mol. The third-order valence-electron chi connectivity index (χ3n) is 3.81. The summed E-state index contributed by atoms with van der Waals surface area (Å²) in [6, 6.07) is 2.23. The highest BCUT2D eigenvalue weighted by Gasteiger charge is 2.22. The molecule has 3 heteroatoms. The molecule has 1 N–H and O–H groups in total. The Labute approximate surface area is 111 Å². The number of aromatic nitrogens is 1. The fourth-order valence-corrected chi connectivity index (χ4v) is 2.62. The largest absolute Gasteiger partial charge is 0.373 e. The van der Waals surface area contributed by atoms with Crippen LogP contribution in [0.15, 0.2) is 12.3 Å². The maximum Gasteiger partial charge on any atom is 0.0758 e. The van der Waals surface area contributed by atoms with Gasteiger partial charge in [0.25, 0.3) is 0 Å². The molecule has 0 aliphatic carbocycles. The molecule has 18 heavy (non-hydrogen) atoms. The van der Waals surface area contributed by atoms with Crippen molar-refractivity contribution >= 4 is 0 Å². The van der Waals surface area contributed by atoms with E-state index in [2.05, 4.69) is 42.9 Å². The van der Waals surface area contributed by atoms with Gasteiger partial charge in [-0.05, 0) is 51.3 Å². The van der Waals surface area contributed by atoms with Gasteiger partial charge in [-0.3, -0.25) is 0 Å². The van der Waals surface area contributed by atoms with Crippen LogP contribution in [0.25, 0.3) is 0 Å². The minimum absolute atomic E-state index is 0.405. The van der Waals surface area contributed by atoms with E-state index in [4.69, 9.17) is 4.74 Å². The van der Waals surface area contributed by atoms with Crippen molar-refractivity contribution < 1.29 is 4.74 Å². The number of hydrogen-bond donors (Lipinski definition) is 1. The molecule has 1 aliphatic rings. The number of rotatable bonds is 6. The van der Waals surface area contributed by atoms with Crippen molar-refractivity contribution in [2.24, 2.45) is 0 Å². The second-order valence-electron chi connectivity index (χ2n) is 5.40. The highest BCUT2D eigenvalue weighted by molar-refractivity contribution is 5.21. The second kappa shape index (κ2) is 6.39. The van der Waals surface area contributed by atoms with Crippen LogP contribution in [0, 0.1) is 6.92 Å². The molecule has 2 unspecified atom stereocenters. The van der Waals surface area contributed by atoms with E-state index in [1.165, 1.54) is 30.5 Å². The van der Waals surface area contributed by atoms with Crippen molar-refractivity contribution in [2.45, 2.75) is 65.3 Å². The Morgan fingerprint density at radius 2 is 2.28 bits per heavy atom. The van der Waals surface area contributed by atoms with E-state index in [0.29, 0.717) is 12.2 Å². The maximum atomic E-state index is 5.89. The number of nitrogens with zero attached hydrogens (tertiary/aromatic N) is 1. The van der Waals surface area contributed by atoms with E-state index in [1.807, 2.05) is 0 Å². The van der Waals surface area contributed by atoms with Gasteiger partial charge in [-0.25, -0.2) is 0 Å². The van der Waals surface area contributed by atoms with Gasteiger partial charge in [0.2, 0.25) is 0 Å². The van der Waals surface area contributed by atoms with Crippen LogP contribution >= 0.6 is 0 Å². The molecule has 2 heterocycles. The minimum atomic E-state index is 0.405. The Morgan fingerprint density at radius 3 is 2.94 bits per heavy atom. The molecule has 1 aromatic heterocycles. The number of ether oxygens (including phenoxy) is 1. The van der Waals surface area contributed by atoms with Gasteiger partial charge in [-0.15, -0.1) is 0 Å². The maximum absolute atomic E-state index is 5.89. The Hall–Kier alpha value is -0.800. The lowest BCUT2D eigenvalue weighted by Crippen LogP contribution is -2.18. The molecular weight excluding hydrogens is 224 g/mol. The number of nitrogens with one attached hydrogen (secondary N) is 1. The van der Waals surface area contributed by atoms with Gasteiger partial charge < -0.3 is 14.6 Å². The molecular formula is C15H26N2O. The van der Waals surface area contributed by atoms with Crippen LogP contribution in [0.5, 0.6) is 0 Å². The summed E-state index contributed by atoms with van der Waals surface area (Å²) in [6.45, 7) is 9.65. The molecule has 1 fully saturated rings. The highest BCUT2D eigenvalue weighted by Crippen LogP contribution is 2.21. The Morgan fingerprint density at radius 1 is 1.44 bits per heavy atom. The fraction of sp³-hybridized carbons (Fsp3) is 0.733. The SMILES string of the molecule is CCCNCc1ccn(CC2CCC(C)O2)c1C. The quantitative estimate of drug-likeness (QED) is 0.786. The lowest BCUT2D eigenvalue weighted by atomic mass is 10.2. The van der Waals surface area contributed by atoms with E-state index in [9.17, 15) is 0 Å². The minimum Gasteiger partial charge on any atom is -0.373 e. The van der Waals surface area contributed by atoms with Gasteiger partial charge in [-0.1, -0.05) is 6.92 Å². The molecule has 0 aromatic carbocycles. The van der Waals surface area contributed by atoms with E-state index >= 15 is 0 Å². The molecule has 0 radical (unpaired) electrons. The highest BCUT2D eigenvalue weighted by atomic mass is 16.5. The summed E-state index contributed by atoms with van der Waals surface area (Å²) in [5.41, 5.74) is 2.79. The molecule has 0 saturated carbocycles. The fourth-order valence-electron chi connectivity index (χ4n) is 2.62. The molecule has 0 bridgehead atoms. The van der Waals surface area contributed by atoms with Crippen LogP contribution in [-0.2, 0) is 17.8 Å². The van der Waals surface area contributed by atoms with Crippen LogP contribution in [0.3, 0.4) is 0 Å². The molecule has 2 atom stereocenters. The zero-order chi connectivity index (χ0) is 13.0. The first-order valence-electron chi connectivity index (χ1n) is 7.21. The number of hydrogen-bond acceptors (Lipinski definition) is 2. The van der Waals surface area contributed by atoms with Crippen LogP contribution in [0.1, 0.15) is 44.4 Å². The van der Waals surface area contributed by atoms with Crippen molar-refractivity contribution in [3.63, 3.8) is 0 Å². The zero-order valence-corrected chi connectivity index (χ0v) is 11.9. The standard InChI is InChI=1S/C15H26N2O/c1-4-8-16-10-14-7-9-17(13(14)3)11-15-6-5-12(2)18-15/h7,9,12,15-16H,4-6,8,10-11H2,1-3H3. The average Bonchev–Trinajstić information content (AvgIpc) is 2.90. The average molecular weight is 250 g/mol. The van der Waals surface area contributed by atoms with Gasteiger partial charge in [0.15, 0.2) is 0 Å². The molecule has 3 nitrogen and oxygen atoms in total. The lowest BCUT2D eigenvalue weighted by Gasteiger charge is -2.14. The third-order valence-corrected chi connectivity index (χ3v) is 3.81. The summed E-state index contributed by atoms with van der Waals surface area (Å²) in [6.07, 6.45) is 6.63. The van der Waals surface area contributed by atoms with Crippen molar-refractivity contribution in [1.29, 1.82) is 0 Å². The predicted molar refractivity (Wildman–Crippen MR) is 74.7 cm³/mol. The topological polar surface area (TPSA) is 26.2 Å². The third kappa shape index (κ3) is 3.36. The second-order valence-corrected chi connectivity index (χ2v) is 5.40. The Bertz CT molecular complexity index is 373. The van der Waals surface area contributed by atoms with Crippen LogP contribution in [-0.4, -0.2) is 23.3 Å². The summed E-state index contributed by atoms with van der Waals surface area (Å²) < 4.78 is 8.23. The molecule has 1 aromatic rings. The zero-order valence-electron chi connectivity index (χ0n) is 11.9. The molecule has 102 valence electrons. The molecule has 2 rings (SSSR count). The van der Waals surface area contributed by atoms with Gasteiger partial charge in [0.1, 0.15) is 0 Å². The summed E-state index contributed by atoms with van der Waals surface area (Å²) in [7, 11) is 0. The summed E-state index contributed by atoms with van der Waals surface area (Å²) in [5, 5.41) is 3.46. The predicted octanol–water partition coefficient (Wildman–Crippen LogP) is 2.86. The van der Waals surface area contributed by atoms with Crippen molar-refractivity contribution in [1.82, 2.24) is 9.88 Å². The summed E-state index contributed by atoms with van der Waals surface area (Å²) >= 11 is 0. The van der Waals surface area contributed by atoms with Gasteiger partial charge >= 0.3 is 0 Å². The molecule has 1 aliphatic heterocycles. The van der Waals surface area contributed by atoms with E-state index in [-0.39, 0.29) is 0 Å². The first-order chi connectivity index (χ1) is 8.70. The van der Waals surface area contributed by atoms with Crippen LogP contribution in [0.4, 0.5) is 0 Å². The van der Waals surface area contributed by atoms with Gasteiger partial charge in [0, 0.05) is 25.0 Å². The van der Waals surface area contributed by atoms with Crippen molar-refractivity contribution in [3.05, 3.63) is 23.5 Å². The van der Waals surface area contributed by atoms with E-state index < -0.39 is 0 Å². The van der Waals surface area contributed by atoms with E-state index in [1.54, 1.807) is 0 Å². The first kappa shape index (κ1) is 13.6. The lowest BCUT2D eigenvalue weighted by molar-refractivity contribution is 0.0455. The molecule has 1 saturated heterocycles. The summed E-state index contributed by atoms with van der Waals surface area (Å²) in [5.74, 6) is 0. The Kier molecular flexibility index (Phi) is 4.84. The smallest absolute Gasteiger partial charge is 0.0758 e. The molecule has 0 spiro atoms. The van der Waals surface area contributed by atoms with Crippen molar-refractivity contribution in [2.75, 3.05) is 6.54 Å². The van der Waals surface area contributed by atoms with Crippen LogP contribution in [0.2, 0.25) is 0 Å².